The Labute approximate surface area is 212 Å². The van der Waals surface area contributed by atoms with Gasteiger partial charge in [0.25, 0.3) is 0 Å². The minimum atomic E-state index is -0.799. The number of nitrogens with zero attached hydrogens (tertiary/aromatic N) is 3. The van der Waals surface area contributed by atoms with Crippen LogP contribution in [0.25, 0.3) is 0 Å². The Bertz CT molecular complexity index is 903. The molecule has 0 aliphatic carbocycles. The lowest BCUT2D eigenvalue weighted by molar-refractivity contribution is 0.198. The van der Waals surface area contributed by atoms with Gasteiger partial charge in [-0.3, -0.25) is 9.89 Å². The minimum absolute atomic E-state index is 0. The van der Waals surface area contributed by atoms with Crippen LogP contribution in [-0.2, 0) is 6.54 Å². The number of piperidine rings is 1. The lowest BCUT2D eigenvalue weighted by Gasteiger charge is -2.33. The van der Waals surface area contributed by atoms with Crippen molar-refractivity contribution in [2.45, 2.75) is 31.8 Å². The van der Waals surface area contributed by atoms with E-state index in [2.05, 4.69) is 55.8 Å². The van der Waals surface area contributed by atoms with E-state index < -0.39 is 11.6 Å². The quantitative estimate of drug-likeness (QED) is 0.311. The van der Waals surface area contributed by atoms with Crippen LogP contribution in [0.5, 0.6) is 0 Å². The molecule has 8 heteroatoms. The summed E-state index contributed by atoms with van der Waals surface area (Å²) in [6, 6.07) is 15.2. The molecule has 1 atom stereocenters. The third kappa shape index (κ3) is 7.27. The molecule has 0 aromatic heterocycles. The molecule has 2 aromatic rings. The molecule has 1 unspecified atom stereocenters. The van der Waals surface area contributed by atoms with Crippen LogP contribution < -0.4 is 15.5 Å². The number of anilines is 1. The van der Waals surface area contributed by atoms with Gasteiger partial charge < -0.3 is 15.5 Å². The highest BCUT2D eigenvalue weighted by Gasteiger charge is 2.24. The number of benzene rings is 2. The third-order valence-electron chi connectivity index (χ3n) is 6.51. The zero-order chi connectivity index (χ0) is 22.3. The van der Waals surface area contributed by atoms with Crippen molar-refractivity contribution in [3.05, 3.63) is 65.7 Å². The van der Waals surface area contributed by atoms with Gasteiger partial charge in [0.05, 0.1) is 0 Å². The summed E-state index contributed by atoms with van der Waals surface area (Å²) >= 11 is 0. The summed E-state index contributed by atoms with van der Waals surface area (Å²) in [4.78, 5) is 9.03. The molecular formula is C25H34F2IN5. The summed E-state index contributed by atoms with van der Waals surface area (Å²) in [5, 5.41) is 7.04. The van der Waals surface area contributed by atoms with Gasteiger partial charge in [0.15, 0.2) is 17.6 Å². The van der Waals surface area contributed by atoms with Gasteiger partial charge in [-0.1, -0.05) is 30.3 Å². The van der Waals surface area contributed by atoms with Crippen molar-refractivity contribution < 1.29 is 8.78 Å². The van der Waals surface area contributed by atoms with Crippen LogP contribution in [0.1, 0.15) is 24.8 Å². The minimum Gasteiger partial charge on any atom is -0.371 e. The fourth-order valence-corrected chi connectivity index (χ4v) is 4.62. The Morgan fingerprint density at radius 2 is 1.76 bits per heavy atom. The molecule has 33 heavy (non-hydrogen) atoms. The van der Waals surface area contributed by atoms with Gasteiger partial charge in [0.2, 0.25) is 0 Å². The van der Waals surface area contributed by atoms with E-state index in [0.29, 0.717) is 12.0 Å². The molecule has 0 amide bonds. The number of halogens is 3. The molecule has 0 spiro atoms. The third-order valence-corrected chi connectivity index (χ3v) is 6.51. The number of likely N-dealkylation sites (tertiary alicyclic amines) is 1. The summed E-state index contributed by atoms with van der Waals surface area (Å²) in [5.74, 6) is -0.303. The van der Waals surface area contributed by atoms with E-state index in [1.807, 2.05) is 7.05 Å². The van der Waals surface area contributed by atoms with Crippen molar-refractivity contribution in [3.8, 4) is 0 Å². The predicted molar refractivity (Wildman–Crippen MR) is 141 cm³/mol. The summed E-state index contributed by atoms with van der Waals surface area (Å²) in [7, 11) is 1.81. The molecule has 180 valence electrons. The van der Waals surface area contributed by atoms with Crippen LogP contribution in [0.3, 0.4) is 0 Å². The molecule has 5 nitrogen and oxygen atoms in total. The average Bonchev–Trinajstić information content (AvgIpc) is 3.29. The Morgan fingerprint density at radius 3 is 2.45 bits per heavy atom. The lowest BCUT2D eigenvalue weighted by atomic mass is 10.0. The Balaban J connectivity index is 0.00000306. The molecule has 2 heterocycles. The maximum absolute atomic E-state index is 13.5. The van der Waals surface area contributed by atoms with Crippen LogP contribution in [0.15, 0.2) is 53.5 Å². The van der Waals surface area contributed by atoms with Gasteiger partial charge >= 0.3 is 0 Å². The van der Waals surface area contributed by atoms with Gasteiger partial charge in [-0.05, 0) is 42.9 Å². The largest absolute Gasteiger partial charge is 0.371 e. The lowest BCUT2D eigenvalue weighted by Crippen LogP contribution is -2.49. The first kappa shape index (κ1) is 25.7. The number of aliphatic imine (C=N–C) groups is 1. The van der Waals surface area contributed by atoms with Gasteiger partial charge in [0, 0.05) is 64.1 Å². The first-order valence-electron chi connectivity index (χ1n) is 11.5. The summed E-state index contributed by atoms with van der Waals surface area (Å²) in [5.41, 5.74) is 2.11. The molecule has 4 rings (SSSR count). The standard InChI is InChI=1S/C25H33F2N5.HI/c1-28-25(30-21-10-12-31(13-11-21)17-19-5-3-2-4-6-19)29-16-20-9-14-32(18-20)22-7-8-23(26)24(27)15-22;/h2-8,15,20-21H,9-14,16-18H2,1H3,(H2,28,29,30);1H. The van der Waals surface area contributed by atoms with Crippen molar-refractivity contribution in [1.82, 2.24) is 15.5 Å². The second-order valence-electron chi connectivity index (χ2n) is 8.83. The van der Waals surface area contributed by atoms with Gasteiger partial charge in [-0.15, -0.1) is 24.0 Å². The van der Waals surface area contributed by atoms with Crippen molar-refractivity contribution in [2.24, 2.45) is 10.9 Å². The Kier molecular flexibility index (Phi) is 9.73. The number of hydrogen-bond acceptors (Lipinski definition) is 3. The van der Waals surface area contributed by atoms with E-state index in [-0.39, 0.29) is 24.0 Å². The molecule has 0 bridgehead atoms. The van der Waals surface area contributed by atoms with Crippen molar-refractivity contribution in [2.75, 3.05) is 44.7 Å². The van der Waals surface area contributed by atoms with Crippen LogP contribution in [0, 0.1) is 17.6 Å². The highest BCUT2D eigenvalue weighted by Crippen LogP contribution is 2.25. The zero-order valence-electron chi connectivity index (χ0n) is 19.1. The molecule has 0 radical (unpaired) electrons. The average molecular weight is 569 g/mol. The maximum atomic E-state index is 13.5. The van der Waals surface area contributed by atoms with Crippen molar-refractivity contribution >= 4 is 35.6 Å². The molecule has 0 saturated carbocycles. The number of hydrogen-bond donors (Lipinski definition) is 2. The Hall–Kier alpha value is -1.94. The molecule has 2 aliphatic rings. The molecule has 2 aliphatic heterocycles. The number of nitrogens with one attached hydrogen (secondary N) is 2. The molecule has 2 aromatic carbocycles. The highest BCUT2D eigenvalue weighted by atomic mass is 127. The van der Waals surface area contributed by atoms with Crippen LogP contribution in [0.4, 0.5) is 14.5 Å². The first-order valence-corrected chi connectivity index (χ1v) is 11.5. The summed E-state index contributed by atoms with van der Waals surface area (Å²) in [6.07, 6.45) is 3.21. The fourth-order valence-electron chi connectivity index (χ4n) is 4.62. The van der Waals surface area contributed by atoms with Crippen LogP contribution >= 0.6 is 24.0 Å². The van der Waals surface area contributed by atoms with Crippen molar-refractivity contribution in [3.63, 3.8) is 0 Å². The van der Waals surface area contributed by atoms with E-state index in [4.69, 9.17) is 0 Å². The monoisotopic (exact) mass is 569 g/mol. The second kappa shape index (κ2) is 12.5. The number of rotatable bonds is 6. The molecule has 2 N–H and O–H groups in total. The summed E-state index contributed by atoms with van der Waals surface area (Å²) < 4.78 is 26.7. The SMILES string of the molecule is CN=C(NCC1CCN(c2ccc(F)c(F)c2)C1)NC1CCN(Cc2ccccc2)CC1.I. The fraction of sp³-hybridized carbons (Fsp3) is 0.480. The molecular weight excluding hydrogens is 535 g/mol. The van der Waals surface area contributed by atoms with E-state index >= 15 is 0 Å². The van der Waals surface area contributed by atoms with Crippen molar-refractivity contribution in [1.29, 1.82) is 0 Å². The molecule has 2 saturated heterocycles. The summed E-state index contributed by atoms with van der Waals surface area (Å²) in [6.45, 7) is 5.66. The zero-order valence-corrected chi connectivity index (χ0v) is 21.5. The van der Waals surface area contributed by atoms with Gasteiger partial charge in [-0.2, -0.15) is 0 Å². The topological polar surface area (TPSA) is 42.9 Å². The maximum Gasteiger partial charge on any atom is 0.191 e. The van der Waals surface area contributed by atoms with E-state index in [1.165, 1.54) is 17.7 Å². The first-order chi connectivity index (χ1) is 15.6. The van der Waals surface area contributed by atoms with Crippen LogP contribution in [-0.4, -0.2) is 56.7 Å². The predicted octanol–water partition coefficient (Wildman–Crippen LogP) is 4.24. The van der Waals surface area contributed by atoms with E-state index in [9.17, 15) is 8.78 Å². The number of guanidine groups is 1. The van der Waals surface area contributed by atoms with E-state index in [1.54, 1.807) is 6.07 Å². The van der Waals surface area contributed by atoms with Crippen LogP contribution in [0.2, 0.25) is 0 Å². The normalized spacial score (nSPS) is 19.9. The van der Waals surface area contributed by atoms with Gasteiger partial charge in [0.1, 0.15) is 0 Å². The molecule has 2 fully saturated rings. The van der Waals surface area contributed by atoms with E-state index in [0.717, 1.165) is 70.2 Å². The van der Waals surface area contributed by atoms with Gasteiger partial charge in [-0.25, -0.2) is 8.78 Å². The smallest absolute Gasteiger partial charge is 0.191 e. The second-order valence-corrected chi connectivity index (χ2v) is 8.83. The highest BCUT2D eigenvalue weighted by molar-refractivity contribution is 14.0. The Morgan fingerprint density at radius 1 is 1.00 bits per heavy atom.